The first kappa shape index (κ1) is 40.6. The predicted octanol–water partition coefficient (Wildman–Crippen LogP) is 14.9. The molecule has 0 fully saturated rings. The summed E-state index contributed by atoms with van der Waals surface area (Å²) in [5, 5.41) is 5.08. The third-order valence-electron chi connectivity index (χ3n) is 11.3. The lowest BCUT2D eigenvalue weighted by Gasteiger charge is -2.27. The van der Waals surface area contributed by atoms with Crippen LogP contribution in [0.2, 0.25) is 0 Å². The Morgan fingerprint density at radius 2 is 0.820 bits per heavy atom. The van der Waals surface area contributed by atoms with Crippen LogP contribution in [0.5, 0.6) is 0 Å². The zero-order valence-electron chi connectivity index (χ0n) is 35.5. The van der Waals surface area contributed by atoms with Crippen molar-refractivity contribution in [1.29, 1.82) is 0 Å². The van der Waals surface area contributed by atoms with E-state index < -0.39 is 0 Å². The number of fused-ring (bicyclic) bond motifs is 2. The summed E-state index contributed by atoms with van der Waals surface area (Å²) in [6, 6.07) is 78.3. The van der Waals surface area contributed by atoms with Gasteiger partial charge in [0.05, 0.1) is 0 Å². The lowest BCUT2D eigenvalue weighted by molar-refractivity contribution is 1.03. The van der Waals surface area contributed by atoms with Gasteiger partial charge in [-0.1, -0.05) is 227 Å². The van der Waals surface area contributed by atoms with Crippen molar-refractivity contribution in [2.75, 3.05) is 4.90 Å². The van der Waals surface area contributed by atoms with Crippen LogP contribution in [0.15, 0.2) is 242 Å². The zero-order valence-corrected chi connectivity index (χ0v) is 35.5. The summed E-state index contributed by atoms with van der Waals surface area (Å²) in [6.45, 7) is 6.52. The van der Waals surface area contributed by atoms with Gasteiger partial charge in [-0.05, 0) is 109 Å². The number of benzene rings is 9. The second kappa shape index (κ2) is 19.7. The molecule has 0 spiro atoms. The van der Waals surface area contributed by atoms with E-state index in [1.807, 2.05) is 36.4 Å². The Labute approximate surface area is 363 Å². The van der Waals surface area contributed by atoms with Gasteiger partial charge < -0.3 is 4.90 Å². The lowest BCUT2D eigenvalue weighted by Crippen LogP contribution is -2.44. The molecular formula is C59H52BN. The van der Waals surface area contributed by atoms with Crippen molar-refractivity contribution in [3.63, 3.8) is 0 Å². The summed E-state index contributed by atoms with van der Waals surface area (Å²) < 4.78 is 0. The van der Waals surface area contributed by atoms with E-state index in [9.17, 15) is 0 Å². The molecule has 0 N–H and O–H groups in total. The third-order valence-corrected chi connectivity index (χ3v) is 11.3. The average molecular weight is 786 g/mol. The molecule has 0 radical (unpaired) electrons. The Bertz CT molecular complexity index is 2750. The minimum Gasteiger partial charge on any atom is -0.311 e. The maximum absolute atomic E-state index is 2.41. The molecule has 2 heteroatoms. The van der Waals surface area contributed by atoms with Gasteiger partial charge in [0, 0.05) is 17.1 Å². The van der Waals surface area contributed by atoms with Gasteiger partial charge in [0.2, 0.25) is 6.71 Å². The number of aryl methyl sites for hydroxylation is 3. The highest BCUT2D eigenvalue weighted by molar-refractivity contribution is 6.91. The van der Waals surface area contributed by atoms with Crippen LogP contribution in [0.1, 0.15) is 29.5 Å². The first-order valence-corrected chi connectivity index (χ1v) is 21.4. The van der Waals surface area contributed by atoms with Gasteiger partial charge in [0.15, 0.2) is 0 Å². The molecular weight excluding hydrogens is 733 g/mol. The topological polar surface area (TPSA) is 3.24 Å². The van der Waals surface area contributed by atoms with Crippen LogP contribution in [-0.4, -0.2) is 6.71 Å². The maximum atomic E-state index is 2.41. The predicted molar refractivity (Wildman–Crippen MR) is 267 cm³/mol. The van der Waals surface area contributed by atoms with E-state index in [1.54, 1.807) is 0 Å². The Balaban J connectivity index is 0.000000311. The summed E-state index contributed by atoms with van der Waals surface area (Å²) in [5.41, 5.74) is 13.8. The first-order valence-electron chi connectivity index (χ1n) is 21.4. The van der Waals surface area contributed by atoms with Crippen LogP contribution in [0.25, 0.3) is 32.7 Å². The van der Waals surface area contributed by atoms with Crippen LogP contribution in [0.3, 0.4) is 0 Å². The maximum Gasteiger partial charge on any atom is 0.240 e. The van der Waals surface area contributed by atoms with Crippen molar-refractivity contribution in [1.82, 2.24) is 0 Å². The highest BCUT2D eigenvalue weighted by atomic mass is 15.1. The van der Waals surface area contributed by atoms with Crippen molar-refractivity contribution in [3.8, 4) is 11.1 Å². The Hall–Kier alpha value is -7.16. The van der Waals surface area contributed by atoms with Gasteiger partial charge >= 0.3 is 0 Å². The number of rotatable bonds is 7. The molecule has 10 rings (SSSR count). The van der Waals surface area contributed by atoms with Gasteiger partial charge in [-0.2, -0.15) is 0 Å². The van der Waals surface area contributed by atoms with Gasteiger partial charge in [-0.25, -0.2) is 0 Å². The largest absolute Gasteiger partial charge is 0.311 e. The van der Waals surface area contributed by atoms with Crippen molar-refractivity contribution >= 4 is 56.2 Å². The number of allylic oxidation sites excluding steroid dienone is 4. The fraction of sp³-hybridized carbons (Fsp3) is 0.0847. The van der Waals surface area contributed by atoms with Crippen molar-refractivity contribution in [2.45, 2.75) is 33.6 Å². The second-order valence-corrected chi connectivity index (χ2v) is 15.8. The van der Waals surface area contributed by atoms with Crippen molar-refractivity contribution in [2.24, 2.45) is 0 Å². The number of nitrogens with zero attached hydrogens (tertiary/aromatic N) is 1. The van der Waals surface area contributed by atoms with Crippen LogP contribution in [0.4, 0.5) is 17.1 Å². The average Bonchev–Trinajstić information content (AvgIpc) is 3.31. The van der Waals surface area contributed by atoms with Crippen molar-refractivity contribution < 1.29 is 0 Å². The SMILES string of the molecule is Cc1ccc(N(c2ccc(B(C3=CCCC=C3)c3ccccc3)cc2)c2ccc(-c3c4ccccc4cc4ccccc34)cc2)cc1.Cc1ccccc1.Cc1ccccc1. The summed E-state index contributed by atoms with van der Waals surface area (Å²) in [7, 11) is 0. The summed E-state index contributed by atoms with van der Waals surface area (Å²) in [4.78, 5) is 2.37. The molecule has 0 unspecified atom stereocenters. The molecule has 61 heavy (non-hydrogen) atoms. The van der Waals surface area contributed by atoms with Gasteiger partial charge in [-0.3, -0.25) is 0 Å². The highest BCUT2D eigenvalue weighted by Gasteiger charge is 2.24. The Kier molecular flexibility index (Phi) is 13.1. The van der Waals surface area contributed by atoms with Gasteiger partial charge in [0.25, 0.3) is 0 Å². The lowest BCUT2D eigenvalue weighted by atomic mass is 9.36. The monoisotopic (exact) mass is 785 g/mol. The van der Waals surface area contributed by atoms with Gasteiger partial charge in [0.1, 0.15) is 0 Å². The van der Waals surface area contributed by atoms with Crippen LogP contribution < -0.4 is 15.8 Å². The van der Waals surface area contributed by atoms with Crippen molar-refractivity contribution in [3.05, 3.63) is 259 Å². The number of hydrogen-bond acceptors (Lipinski definition) is 1. The van der Waals surface area contributed by atoms with E-state index in [2.05, 4.69) is 226 Å². The molecule has 1 aliphatic carbocycles. The summed E-state index contributed by atoms with van der Waals surface area (Å²) in [6.07, 6.45) is 9.24. The Morgan fingerprint density at radius 3 is 1.30 bits per heavy atom. The fourth-order valence-corrected chi connectivity index (χ4v) is 8.20. The molecule has 296 valence electrons. The van der Waals surface area contributed by atoms with E-state index in [0.717, 1.165) is 29.9 Å². The van der Waals surface area contributed by atoms with Gasteiger partial charge in [-0.15, -0.1) is 0 Å². The molecule has 0 saturated carbocycles. The van der Waals surface area contributed by atoms with E-state index in [1.165, 1.54) is 65.8 Å². The molecule has 9 aromatic carbocycles. The van der Waals surface area contributed by atoms with E-state index in [4.69, 9.17) is 0 Å². The summed E-state index contributed by atoms with van der Waals surface area (Å²) >= 11 is 0. The second-order valence-electron chi connectivity index (χ2n) is 15.8. The van der Waals surface area contributed by atoms with E-state index in [0.29, 0.717) is 0 Å². The number of hydrogen-bond donors (Lipinski definition) is 0. The van der Waals surface area contributed by atoms with E-state index >= 15 is 0 Å². The van der Waals surface area contributed by atoms with E-state index in [-0.39, 0.29) is 6.71 Å². The summed E-state index contributed by atoms with van der Waals surface area (Å²) in [5.74, 6) is 0. The third kappa shape index (κ3) is 10.0. The molecule has 0 heterocycles. The molecule has 0 aromatic heterocycles. The molecule has 0 atom stereocenters. The zero-order chi connectivity index (χ0) is 41.8. The molecule has 0 saturated heterocycles. The van der Waals surface area contributed by atoms with Crippen LogP contribution in [0, 0.1) is 20.8 Å². The van der Waals surface area contributed by atoms with Crippen LogP contribution in [-0.2, 0) is 0 Å². The Morgan fingerprint density at radius 1 is 0.393 bits per heavy atom. The number of anilines is 3. The van der Waals surface area contributed by atoms with Crippen LogP contribution >= 0.6 is 0 Å². The highest BCUT2D eigenvalue weighted by Crippen LogP contribution is 2.39. The standard InChI is InChI=1S/C45H36BN.2C7H8/c1-33-20-26-40(27-21-33)47(42-30-24-39(25-31-42)46(37-14-4-2-5-15-37)38-16-6-3-7-17-38)41-28-22-34(23-29-41)45-43-18-10-8-12-35(43)32-36-13-9-11-19-44(36)45;2*1-7-5-3-2-4-6-7/h2,4-6,8-32H,3,7H2,1H3;2*2-6H,1H3. The first-order chi connectivity index (χ1) is 30.0. The molecule has 1 aliphatic rings. The molecule has 0 bridgehead atoms. The molecule has 0 amide bonds. The minimum atomic E-state index is 0.212. The molecule has 9 aromatic rings. The molecule has 1 nitrogen and oxygen atoms in total. The minimum absolute atomic E-state index is 0.212. The quantitative estimate of drug-likeness (QED) is 0.115. The smallest absolute Gasteiger partial charge is 0.240 e. The fourth-order valence-electron chi connectivity index (χ4n) is 8.20. The molecule has 0 aliphatic heterocycles. The normalized spacial score (nSPS) is 11.8.